The van der Waals surface area contributed by atoms with Crippen LogP contribution >= 0.6 is 27.3 Å². The highest BCUT2D eigenvalue weighted by atomic mass is 79.9. The molecule has 0 aliphatic carbocycles. The molecule has 1 aromatic heterocycles. The summed E-state index contributed by atoms with van der Waals surface area (Å²) in [6.07, 6.45) is 1.23. The molecule has 17 heavy (non-hydrogen) atoms. The third-order valence-electron chi connectivity index (χ3n) is 3.60. The van der Waals surface area contributed by atoms with Crippen LogP contribution in [-0.2, 0) is 0 Å². The fraction of sp³-hybridized carbons (Fsp3) is 0.462. The van der Waals surface area contributed by atoms with Crippen molar-refractivity contribution in [3.8, 4) is 0 Å². The zero-order chi connectivity index (χ0) is 12.0. The van der Waals surface area contributed by atoms with Crippen molar-refractivity contribution in [1.82, 2.24) is 9.88 Å². The zero-order valence-electron chi connectivity index (χ0n) is 9.98. The van der Waals surface area contributed by atoms with Gasteiger partial charge in [0.15, 0.2) is 0 Å². The first-order chi connectivity index (χ1) is 8.13. The Morgan fingerprint density at radius 3 is 3.00 bits per heavy atom. The van der Waals surface area contributed by atoms with Crippen LogP contribution in [0.1, 0.15) is 24.3 Å². The van der Waals surface area contributed by atoms with Gasteiger partial charge in [-0.1, -0.05) is 15.9 Å². The number of halogens is 1. The van der Waals surface area contributed by atoms with Crippen molar-refractivity contribution in [3.63, 3.8) is 0 Å². The minimum absolute atomic E-state index is 0.617. The van der Waals surface area contributed by atoms with Crippen molar-refractivity contribution in [3.05, 3.63) is 27.7 Å². The standard InChI is InChI=1S/C13H15BrN2S/c1-8-5-9(7-16(8)2)13-15-11-6-10(14)3-4-12(11)17-13/h3-4,6,8-9H,5,7H2,1-2H3/t8-,9+/m0/s1. The molecule has 2 nitrogen and oxygen atoms in total. The van der Waals surface area contributed by atoms with Crippen LogP contribution in [0.15, 0.2) is 22.7 Å². The lowest BCUT2D eigenvalue weighted by Gasteiger charge is -2.12. The molecule has 1 aromatic carbocycles. The lowest BCUT2D eigenvalue weighted by molar-refractivity contribution is 0.329. The molecule has 0 spiro atoms. The highest BCUT2D eigenvalue weighted by molar-refractivity contribution is 9.10. The number of thiazole rings is 1. The maximum absolute atomic E-state index is 4.79. The van der Waals surface area contributed by atoms with Crippen molar-refractivity contribution in [2.45, 2.75) is 25.3 Å². The average Bonchev–Trinajstić information content (AvgIpc) is 2.83. The Morgan fingerprint density at radius 2 is 2.29 bits per heavy atom. The van der Waals surface area contributed by atoms with Gasteiger partial charge in [-0.2, -0.15) is 0 Å². The highest BCUT2D eigenvalue weighted by Gasteiger charge is 2.29. The molecule has 0 radical (unpaired) electrons. The van der Waals surface area contributed by atoms with Crippen LogP contribution in [0.5, 0.6) is 0 Å². The molecule has 0 N–H and O–H groups in total. The van der Waals surface area contributed by atoms with Gasteiger partial charge in [0.1, 0.15) is 0 Å². The largest absolute Gasteiger partial charge is 0.303 e. The first-order valence-corrected chi connectivity index (χ1v) is 7.50. The van der Waals surface area contributed by atoms with E-state index in [1.54, 1.807) is 0 Å². The van der Waals surface area contributed by atoms with Gasteiger partial charge in [0.2, 0.25) is 0 Å². The Morgan fingerprint density at radius 1 is 1.47 bits per heavy atom. The number of hydrogen-bond acceptors (Lipinski definition) is 3. The maximum Gasteiger partial charge on any atom is 0.0982 e. The number of aromatic nitrogens is 1. The molecule has 0 unspecified atom stereocenters. The van der Waals surface area contributed by atoms with E-state index in [4.69, 9.17) is 4.98 Å². The maximum atomic E-state index is 4.79. The average molecular weight is 311 g/mol. The van der Waals surface area contributed by atoms with Crippen molar-refractivity contribution < 1.29 is 0 Å². The van der Waals surface area contributed by atoms with Crippen LogP contribution in [0.2, 0.25) is 0 Å². The summed E-state index contributed by atoms with van der Waals surface area (Å²) in [7, 11) is 2.20. The smallest absolute Gasteiger partial charge is 0.0982 e. The van der Waals surface area contributed by atoms with Gasteiger partial charge >= 0.3 is 0 Å². The minimum atomic E-state index is 0.617. The lowest BCUT2D eigenvalue weighted by atomic mass is 10.1. The molecular weight excluding hydrogens is 296 g/mol. The summed E-state index contributed by atoms with van der Waals surface area (Å²) >= 11 is 5.35. The number of rotatable bonds is 1. The number of fused-ring (bicyclic) bond motifs is 1. The van der Waals surface area contributed by atoms with Crippen LogP contribution in [-0.4, -0.2) is 29.5 Å². The van der Waals surface area contributed by atoms with Crippen molar-refractivity contribution in [2.24, 2.45) is 0 Å². The molecular formula is C13H15BrN2S. The van der Waals surface area contributed by atoms with E-state index < -0.39 is 0 Å². The number of benzene rings is 1. The Labute approximate surface area is 114 Å². The summed E-state index contributed by atoms with van der Waals surface area (Å²) in [5, 5.41) is 1.30. The first kappa shape index (κ1) is 11.6. The molecule has 0 saturated carbocycles. The van der Waals surface area contributed by atoms with Crippen LogP contribution in [0.4, 0.5) is 0 Å². The number of nitrogens with zero attached hydrogens (tertiary/aromatic N) is 2. The summed E-state index contributed by atoms with van der Waals surface area (Å²) in [6, 6.07) is 7.03. The summed E-state index contributed by atoms with van der Waals surface area (Å²) in [6.45, 7) is 3.44. The number of hydrogen-bond donors (Lipinski definition) is 0. The summed E-state index contributed by atoms with van der Waals surface area (Å²) < 4.78 is 2.41. The second kappa shape index (κ2) is 4.34. The van der Waals surface area contributed by atoms with Gasteiger partial charge in [0.25, 0.3) is 0 Å². The van der Waals surface area contributed by atoms with E-state index in [0.29, 0.717) is 12.0 Å². The molecule has 3 rings (SSSR count). The second-order valence-electron chi connectivity index (χ2n) is 4.89. The van der Waals surface area contributed by atoms with Gasteiger partial charge in [-0.15, -0.1) is 11.3 Å². The molecule has 1 fully saturated rings. The Balaban J connectivity index is 1.96. The molecule has 1 saturated heterocycles. The normalized spacial score (nSPS) is 25.8. The summed E-state index contributed by atoms with van der Waals surface area (Å²) in [5.41, 5.74) is 1.13. The Kier molecular flexibility index (Phi) is 2.97. The highest BCUT2D eigenvalue weighted by Crippen LogP contribution is 2.35. The SMILES string of the molecule is C[C@H]1C[C@@H](c2nc3cc(Br)ccc3s2)CN1C. The molecule has 90 valence electrons. The van der Waals surface area contributed by atoms with E-state index in [-0.39, 0.29) is 0 Å². The fourth-order valence-corrected chi connectivity index (χ4v) is 3.87. The zero-order valence-corrected chi connectivity index (χ0v) is 12.4. The third kappa shape index (κ3) is 2.14. The van der Waals surface area contributed by atoms with Crippen LogP contribution in [0, 0.1) is 0 Å². The van der Waals surface area contributed by atoms with E-state index in [2.05, 4.69) is 53.0 Å². The molecule has 2 heterocycles. The van der Waals surface area contributed by atoms with Crippen molar-refractivity contribution >= 4 is 37.5 Å². The van der Waals surface area contributed by atoms with Gasteiger partial charge in [-0.05, 0) is 38.6 Å². The van der Waals surface area contributed by atoms with Gasteiger partial charge in [-0.3, -0.25) is 0 Å². The molecule has 0 bridgehead atoms. The first-order valence-electron chi connectivity index (χ1n) is 5.89. The molecule has 1 aliphatic heterocycles. The molecule has 1 aliphatic rings. The third-order valence-corrected chi connectivity index (χ3v) is 5.29. The number of likely N-dealkylation sites (tertiary alicyclic amines) is 1. The van der Waals surface area contributed by atoms with Gasteiger partial charge in [-0.25, -0.2) is 4.98 Å². The van der Waals surface area contributed by atoms with E-state index in [1.165, 1.54) is 16.1 Å². The van der Waals surface area contributed by atoms with Crippen molar-refractivity contribution in [2.75, 3.05) is 13.6 Å². The number of likely N-dealkylation sites (N-methyl/N-ethyl adjacent to an activating group) is 1. The quantitative estimate of drug-likeness (QED) is 0.795. The van der Waals surface area contributed by atoms with Gasteiger partial charge in [0.05, 0.1) is 15.2 Å². The predicted octanol–water partition coefficient (Wildman–Crippen LogP) is 3.87. The van der Waals surface area contributed by atoms with Crippen molar-refractivity contribution in [1.29, 1.82) is 0 Å². The Bertz CT molecular complexity index is 541. The summed E-state index contributed by atoms with van der Waals surface area (Å²) in [4.78, 5) is 7.21. The molecule has 2 aromatic rings. The predicted molar refractivity (Wildman–Crippen MR) is 76.8 cm³/mol. The van der Waals surface area contributed by atoms with Crippen LogP contribution in [0.3, 0.4) is 0 Å². The van der Waals surface area contributed by atoms with E-state index in [1.807, 2.05) is 11.3 Å². The minimum Gasteiger partial charge on any atom is -0.303 e. The van der Waals surface area contributed by atoms with Crippen LogP contribution in [0.25, 0.3) is 10.2 Å². The fourth-order valence-electron chi connectivity index (χ4n) is 2.47. The monoisotopic (exact) mass is 310 g/mol. The van der Waals surface area contributed by atoms with Crippen LogP contribution < -0.4 is 0 Å². The lowest BCUT2D eigenvalue weighted by Crippen LogP contribution is -2.21. The second-order valence-corrected chi connectivity index (χ2v) is 6.86. The Hall–Kier alpha value is -0.450. The summed E-state index contributed by atoms with van der Waals surface area (Å²) in [5.74, 6) is 0.617. The van der Waals surface area contributed by atoms with Gasteiger partial charge < -0.3 is 4.90 Å². The molecule has 0 amide bonds. The van der Waals surface area contributed by atoms with E-state index in [0.717, 1.165) is 16.5 Å². The van der Waals surface area contributed by atoms with E-state index in [9.17, 15) is 0 Å². The topological polar surface area (TPSA) is 16.1 Å². The molecule has 4 heteroatoms. The van der Waals surface area contributed by atoms with E-state index >= 15 is 0 Å². The van der Waals surface area contributed by atoms with Gasteiger partial charge in [0, 0.05) is 23.0 Å². The molecule has 2 atom stereocenters.